The van der Waals surface area contributed by atoms with E-state index in [-0.39, 0.29) is 17.9 Å². The van der Waals surface area contributed by atoms with E-state index in [1.54, 1.807) is 6.92 Å². The van der Waals surface area contributed by atoms with Gasteiger partial charge in [-0.15, -0.1) is 11.3 Å². The van der Waals surface area contributed by atoms with E-state index < -0.39 is 0 Å². The summed E-state index contributed by atoms with van der Waals surface area (Å²) in [6, 6.07) is -0.141. The van der Waals surface area contributed by atoms with Gasteiger partial charge in [-0.1, -0.05) is 0 Å². The summed E-state index contributed by atoms with van der Waals surface area (Å²) in [5.41, 5.74) is 2.80. The SMILES string of the molecule is CC(=O)N1CCc2nc([C@H]3CCCCN3C(=O)c3sc(C)nc3C)nc(N(C)C)c2C1. The quantitative estimate of drug-likeness (QED) is 0.727. The third-order valence-corrected chi connectivity index (χ3v) is 7.14. The lowest BCUT2D eigenvalue weighted by Gasteiger charge is -2.36. The average Bonchev–Trinajstić information content (AvgIpc) is 3.09. The van der Waals surface area contributed by atoms with Crippen LogP contribution >= 0.6 is 11.3 Å². The van der Waals surface area contributed by atoms with Gasteiger partial charge < -0.3 is 14.7 Å². The number of likely N-dealkylation sites (tertiary alicyclic amines) is 1. The highest BCUT2D eigenvalue weighted by molar-refractivity contribution is 7.13. The number of fused-ring (bicyclic) bond motifs is 1. The van der Waals surface area contributed by atoms with Crippen molar-refractivity contribution < 1.29 is 9.59 Å². The number of hydrogen-bond donors (Lipinski definition) is 0. The van der Waals surface area contributed by atoms with Crippen molar-refractivity contribution in [3.8, 4) is 0 Å². The first-order chi connectivity index (χ1) is 14.8. The van der Waals surface area contributed by atoms with Gasteiger partial charge in [-0.2, -0.15) is 0 Å². The number of rotatable bonds is 3. The van der Waals surface area contributed by atoms with Gasteiger partial charge in [0.05, 0.1) is 29.0 Å². The standard InChI is InChI=1S/C22H30N6O2S/c1-13-19(31-14(2)23-13)22(30)28-10-7-6-8-18(28)20-24-17-9-11-27(15(3)29)12-16(17)21(25-20)26(4)5/h18H,6-12H2,1-5H3/t18-/m1/s1. The maximum absolute atomic E-state index is 13.4. The van der Waals surface area contributed by atoms with E-state index in [4.69, 9.17) is 9.97 Å². The third kappa shape index (κ3) is 4.15. The Bertz CT molecular complexity index is 1020. The average molecular weight is 443 g/mol. The summed E-state index contributed by atoms with van der Waals surface area (Å²) in [5.74, 6) is 1.65. The molecule has 2 amide bonds. The summed E-state index contributed by atoms with van der Waals surface area (Å²) in [6.45, 7) is 7.34. The van der Waals surface area contributed by atoms with E-state index in [0.29, 0.717) is 36.8 Å². The molecule has 1 saturated heterocycles. The summed E-state index contributed by atoms with van der Waals surface area (Å²) in [6.07, 6.45) is 3.59. The minimum Gasteiger partial charge on any atom is -0.362 e. The molecule has 0 bridgehead atoms. The molecule has 9 heteroatoms. The minimum atomic E-state index is -0.141. The second kappa shape index (κ2) is 8.53. The number of carbonyl (C=O) groups is 2. The Labute approximate surface area is 187 Å². The zero-order valence-corrected chi connectivity index (χ0v) is 19.8. The lowest BCUT2D eigenvalue weighted by atomic mass is 9.99. The number of aromatic nitrogens is 3. The van der Waals surface area contributed by atoms with Gasteiger partial charge in [-0.25, -0.2) is 15.0 Å². The van der Waals surface area contributed by atoms with Crippen LogP contribution in [-0.4, -0.2) is 63.8 Å². The zero-order valence-electron chi connectivity index (χ0n) is 18.9. The Morgan fingerprint density at radius 2 is 1.87 bits per heavy atom. The molecule has 2 aliphatic rings. The van der Waals surface area contributed by atoms with Crippen LogP contribution in [0.2, 0.25) is 0 Å². The molecular weight excluding hydrogens is 412 g/mol. The predicted octanol–water partition coefficient (Wildman–Crippen LogP) is 2.89. The first-order valence-corrected chi connectivity index (χ1v) is 11.7. The zero-order chi connectivity index (χ0) is 22.3. The first-order valence-electron chi connectivity index (χ1n) is 10.8. The molecule has 0 aliphatic carbocycles. The van der Waals surface area contributed by atoms with Crippen molar-refractivity contribution in [3.05, 3.63) is 32.7 Å². The molecule has 2 aliphatic heterocycles. The number of thiazole rings is 1. The van der Waals surface area contributed by atoms with Crippen LogP contribution < -0.4 is 4.90 Å². The molecule has 0 radical (unpaired) electrons. The summed E-state index contributed by atoms with van der Waals surface area (Å²) >= 11 is 1.46. The number of amides is 2. The van der Waals surface area contributed by atoms with Crippen molar-refractivity contribution in [2.24, 2.45) is 0 Å². The lowest BCUT2D eigenvalue weighted by Crippen LogP contribution is -2.40. The van der Waals surface area contributed by atoms with E-state index in [9.17, 15) is 9.59 Å². The number of nitrogens with zero attached hydrogens (tertiary/aromatic N) is 6. The van der Waals surface area contributed by atoms with Gasteiger partial charge in [0.25, 0.3) is 5.91 Å². The van der Waals surface area contributed by atoms with Crippen molar-refractivity contribution in [3.63, 3.8) is 0 Å². The van der Waals surface area contributed by atoms with Crippen LogP contribution in [0.1, 0.15) is 69.7 Å². The van der Waals surface area contributed by atoms with Crippen LogP contribution in [-0.2, 0) is 17.8 Å². The van der Waals surface area contributed by atoms with Crippen molar-refractivity contribution in [1.29, 1.82) is 0 Å². The number of piperidine rings is 1. The molecule has 4 heterocycles. The van der Waals surface area contributed by atoms with E-state index in [0.717, 1.165) is 47.0 Å². The minimum absolute atomic E-state index is 0.0308. The van der Waals surface area contributed by atoms with Gasteiger partial charge in [-0.3, -0.25) is 9.59 Å². The molecule has 4 rings (SSSR count). The molecular formula is C22H30N6O2S. The highest BCUT2D eigenvalue weighted by Crippen LogP contribution is 2.35. The fourth-order valence-corrected chi connectivity index (χ4v) is 5.38. The molecule has 0 unspecified atom stereocenters. The summed E-state index contributed by atoms with van der Waals surface area (Å²) < 4.78 is 0. The summed E-state index contributed by atoms with van der Waals surface area (Å²) in [5, 5.41) is 0.907. The molecule has 31 heavy (non-hydrogen) atoms. The fraction of sp³-hybridized carbons (Fsp3) is 0.591. The molecule has 0 saturated carbocycles. The topological polar surface area (TPSA) is 82.5 Å². The normalized spacial score (nSPS) is 18.7. The lowest BCUT2D eigenvalue weighted by molar-refractivity contribution is -0.129. The first kappa shape index (κ1) is 21.7. The highest BCUT2D eigenvalue weighted by Gasteiger charge is 2.34. The van der Waals surface area contributed by atoms with Crippen LogP contribution in [0.15, 0.2) is 0 Å². The van der Waals surface area contributed by atoms with E-state index in [1.165, 1.54) is 11.3 Å². The second-order valence-electron chi connectivity index (χ2n) is 8.57. The van der Waals surface area contributed by atoms with Crippen LogP contribution in [0.5, 0.6) is 0 Å². The van der Waals surface area contributed by atoms with Crippen LogP contribution in [0.25, 0.3) is 0 Å². The van der Waals surface area contributed by atoms with E-state index in [1.807, 2.05) is 42.6 Å². The highest BCUT2D eigenvalue weighted by atomic mass is 32.1. The van der Waals surface area contributed by atoms with Crippen LogP contribution in [0.4, 0.5) is 5.82 Å². The Balaban J connectivity index is 1.72. The molecule has 1 fully saturated rings. The molecule has 166 valence electrons. The molecule has 0 N–H and O–H groups in total. The third-order valence-electron chi connectivity index (χ3n) is 6.08. The molecule has 0 aromatic carbocycles. The largest absolute Gasteiger partial charge is 0.362 e. The number of aryl methyl sites for hydroxylation is 2. The predicted molar refractivity (Wildman–Crippen MR) is 120 cm³/mol. The van der Waals surface area contributed by atoms with Crippen molar-refractivity contribution in [2.75, 3.05) is 32.1 Å². The van der Waals surface area contributed by atoms with Gasteiger partial charge in [0.2, 0.25) is 5.91 Å². The van der Waals surface area contributed by atoms with Gasteiger partial charge in [-0.05, 0) is 33.1 Å². The monoisotopic (exact) mass is 442 g/mol. The summed E-state index contributed by atoms with van der Waals surface area (Å²) in [7, 11) is 3.93. The van der Waals surface area contributed by atoms with E-state index >= 15 is 0 Å². The Hall–Kier alpha value is -2.55. The number of anilines is 1. The molecule has 8 nitrogen and oxygen atoms in total. The summed E-state index contributed by atoms with van der Waals surface area (Å²) in [4.78, 5) is 46.1. The Kier molecular flexibility index (Phi) is 5.96. The molecule has 2 aromatic heterocycles. The molecule has 0 spiro atoms. The molecule has 1 atom stereocenters. The number of carbonyl (C=O) groups excluding carboxylic acids is 2. The fourth-order valence-electron chi connectivity index (χ4n) is 4.51. The smallest absolute Gasteiger partial charge is 0.266 e. The Morgan fingerprint density at radius 1 is 1.10 bits per heavy atom. The maximum atomic E-state index is 13.4. The second-order valence-corrected chi connectivity index (χ2v) is 9.78. The van der Waals surface area contributed by atoms with Crippen LogP contribution in [0, 0.1) is 13.8 Å². The van der Waals surface area contributed by atoms with Crippen molar-refractivity contribution in [1.82, 2.24) is 24.8 Å². The van der Waals surface area contributed by atoms with Crippen molar-refractivity contribution >= 4 is 29.0 Å². The molecule has 2 aromatic rings. The van der Waals surface area contributed by atoms with Gasteiger partial charge in [0.1, 0.15) is 10.7 Å². The number of hydrogen-bond acceptors (Lipinski definition) is 7. The maximum Gasteiger partial charge on any atom is 0.266 e. The van der Waals surface area contributed by atoms with Gasteiger partial charge in [0.15, 0.2) is 5.82 Å². The van der Waals surface area contributed by atoms with Crippen molar-refractivity contribution in [2.45, 2.75) is 59.0 Å². The van der Waals surface area contributed by atoms with Gasteiger partial charge >= 0.3 is 0 Å². The van der Waals surface area contributed by atoms with Gasteiger partial charge in [0, 0.05) is 46.1 Å². The van der Waals surface area contributed by atoms with E-state index in [2.05, 4.69) is 4.98 Å². The van der Waals surface area contributed by atoms with Crippen LogP contribution in [0.3, 0.4) is 0 Å². The Morgan fingerprint density at radius 3 is 2.52 bits per heavy atom.